The van der Waals surface area contributed by atoms with Crippen molar-refractivity contribution >= 4 is 27.4 Å². The van der Waals surface area contributed by atoms with Gasteiger partial charge in [0.2, 0.25) is 0 Å². The van der Waals surface area contributed by atoms with Crippen LogP contribution in [0.25, 0.3) is 0 Å². The van der Waals surface area contributed by atoms with Crippen LogP contribution in [0.5, 0.6) is 0 Å². The zero-order chi connectivity index (χ0) is 13.2. The van der Waals surface area contributed by atoms with Crippen LogP contribution in [-0.2, 0) is 14.6 Å². The average Bonchev–Trinajstić information content (AvgIpc) is 2.39. The molecule has 2 rings (SSSR count). The molecular weight excluding hydrogens is 270 g/mol. The number of rotatable bonds is 3. The molecule has 0 radical (unpaired) electrons. The molecule has 18 heavy (non-hydrogen) atoms. The second kappa shape index (κ2) is 5.92. The molecular formula is C12H21NO3S2. The van der Waals surface area contributed by atoms with Gasteiger partial charge in [-0.2, -0.15) is 11.8 Å². The van der Waals surface area contributed by atoms with Gasteiger partial charge in [0.05, 0.1) is 0 Å². The first-order chi connectivity index (χ1) is 8.54. The van der Waals surface area contributed by atoms with Gasteiger partial charge >= 0.3 is 0 Å². The number of carbonyl (C=O) groups excluding carboxylic acids is 1. The summed E-state index contributed by atoms with van der Waals surface area (Å²) in [6.45, 7) is 2.51. The molecule has 0 aromatic rings. The first-order valence-electron chi connectivity index (χ1n) is 6.61. The highest BCUT2D eigenvalue weighted by Gasteiger charge is 2.38. The van der Waals surface area contributed by atoms with E-state index in [-0.39, 0.29) is 23.0 Å². The van der Waals surface area contributed by atoms with E-state index in [9.17, 15) is 13.2 Å². The van der Waals surface area contributed by atoms with Gasteiger partial charge in [-0.3, -0.25) is 9.69 Å². The summed E-state index contributed by atoms with van der Waals surface area (Å²) in [6, 6.07) is 0.151. The summed E-state index contributed by atoms with van der Waals surface area (Å²) in [5, 5.41) is -0.378. The van der Waals surface area contributed by atoms with Gasteiger partial charge in [0.15, 0.2) is 9.84 Å². The van der Waals surface area contributed by atoms with E-state index in [1.54, 1.807) is 18.7 Å². The fraction of sp³-hybridized carbons (Fsp3) is 0.917. The minimum absolute atomic E-state index is 0.151. The topological polar surface area (TPSA) is 54.5 Å². The zero-order valence-electron chi connectivity index (χ0n) is 10.8. The van der Waals surface area contributed by atoms with Crippen LogP contribution in [0.2, 0.25) is 0 Å². The lowest BCUT2D eigenvalue weighted by Gasteiger charge is -2.41. The van der Waals surface area contributed by atoms with Crippen molar-refractivity contribution < 1.29 is 13.2 Å². The number of Topliss-reactive ketones (excluding diaryl/α,β-unsaturated/α-hetero) is 1. The van der Waals surface area contributed by atoms with Crippen LogP contribution >= 0.6 is 11.8 Å². The standard InChI is InChI=1S/C12H21NO3S2/c1-2-18(15,16)12-9-17-7-6-13(12)10-4-3-5-11(14)8-10/h10,12H,2-9H2,1H3. The maximum atomic E-state index is 12.1. The highest BCUT2D eigenvalue weighted by Crippen LogP contribution is 2.29. The Morgan fingerprint density at radius 1 is 1.44 bits per heavy atom. The monoisotopic (exact) mass is 291 g/mol. The molecule has 0 amide bonds. The van der Waals surface area contributed by atoms with Gasteiger partial charge in [-0.15, -0.1) is 0 Å². The molecule has 2 aliphatic rings. The second-order valence-electron chi connectivity index (χ2n) is 5.01. The number of ketones is 1. The Morgan fingerprint density at radius 3 is 2.89 bits per heavy atom. The third kappa shape index (κ3) is 3.08. The zero-order valence-corrected chi connectivity index (χ0v) is 12.4. The summed E-state index contributed by atoms with van der Waals surface area (Å²) < 4.78 is 24.3. The van der Waals surface area contributed by atoms with Crippen LogP contribution in [0.15, 0.2) is 0 Å². The minimum atomic E-state index is -3.04. The molecule has 0 aromatic carbocycles. The van der Waals surface area contributed by atoms with Crippen molar-refractivity contribution in [2.45, 2.75) is 44.0 Å². The van der Waals surface area contributed by atoms with Gasteiger partial charge in [0, 0.05) is 42.7 Å². The predicted molar refractivity (Wildman–Crippen MR) is 74.5 cm³/mol. The number of hydrogen-bond acceptors (Lipinski definition) is 5. The molecule has 0 N–H and O–H groups in total. The molecule has 1 saturated carbocycles. The first kappa shape index (κ1) is 14.3. The lowest BCUT2D eigenvalue weighted by molar-refractivity contribution is -0.122. The predicted octanol–water partition coefficient (Wildman–Crippen LogP) is 1.31. The van der Waals surface area contributed by atoms with Gasteiger partial charge in [-0.1, -0.05) is 6.92 Å². The summed E-state index contributed by atoms with van der Waals surface area (Å²) in [4.78, 5) is 13.7. The third-order valence-electron chi connectivity index (χ3n) is 3.87. The molecule has 2 fully saturated rings. The SMILES string of the molecule is CCS(=O)(=O)C1CSCCN1C1CCCC(=O)C1. The smallest absolute Gasteiger partial charge is 0.166 e. The van der Waals surface area contributed by atoms with E-state index in [1.807, 2.05) is 0 Å². The number of thioether (sulfide) groups is 1. The number of carbonyl (C=O) groups is 1. The highest BCUT2D eigenvalue weighted by atomic mass is 32.2. The number of nitrogens with zero attached hydrogens (tertiary/aromatic N) is 1. The maximum absolute atomic E-state index is 12.1. The van der Waals surface area contributed by atoms with Crippen molar-refractivity contribution in [3.05, 3.63) is 0 Å². The molecule has 2 atom stereocenters. The van der Waals surface area contributed by atoms with Crippen LogP contribution in [0.4, 0.5) is 0 Å². The quantitative estimate of drug-likeness (QED) is 0.784. The van der Waals surface area contributed by atoms with Gasteiger partial charge in [0.1, 0.15) is 11.2 Å². The molecule has 0 aromatic heterocycles. The van der Waals surface area contributed by atoms with E-state index in [4.69, 9.17) is 0 Å². The fourth-order valence-corrected chi connectivity index (χ4v) is 5.89. The highest BCUT2D eigenvalue weighted by molar-refractivity contribution is 8.01. The minimum Gasteiger partial charge on any atom is -0.300 e. The van der Waals surface area contributed by atoms with Gasteiger partial charge in [-0.25, -0.2) is 8.42 Å². The molecule has 0 spiro atoms. The van der Waals surface area contributed by atoms with E-state index in [1.165, 1.54) is 0 Å². The largest absolute Gasteiger partial charge is 0.300 e. The van der Waals surface area contributed by atoms with Crippen molar-refractivity contribution in [3.63, 3.8) is 0 Å². The van der Waals surface area contributed by atoms with E-state index < -0.39 is 9.84 Å². The van der Waals surface area contributed by atoms with E-state index in [0.717, 1.165) is 25.1 Å². The molecule has 0 bridgehead atoms. The van der Waals surface area contributed by atoms with Gasteiger partial charge < -0.3 is 0 Å². The van der Waals surface area contributed by atoms with E-state index in [2.05, 4.69) is 4.90 Å². The van der Waals surface area contributed by atoms with Gasteiger partial charge in [-0.05, 0) is 12.8 Å². The first-order valence-corrected chi connectivity index (χ1v) is 9.48. The molecule has 1 aliphatic heterocycles. The molecule has 2 unspecified atom stereocenters. The lowest BCUT2D eigenvalue weighted by atomic mass is 9.93. The molecule has 6 heteroatoms. The Balaban J connectivity index is 2.15. The van der Waals surface area contributed by atoms with Crippen LogP contribution < -0.4 is 0 Å². The molecule has 1 saturated heterocycles. The summed E-state index contributed by atoms with van der Waals surface area (Å²) in [7, 11) is -3.04. The van der Waals surface area contributed by atoms with E-state index >= 15 is 0 Å². The second-order valence-corrected chi connectivity index (χ2v) is 8.60. The van der Waals surface area contributed by atoms with Crippen molar-refractivity contribution in [2.24, 2.45) is 0 Å². The summed E-state index contributed by atoms with van der Waals surface area (Å²) in [5.74, 6) is 2.11. The number of hydrogen-bond donors (Lipinski definition) is 0. The van der Waals surface area contributed by atoms with Crippen LogP contribution in [0.1, 0.15) is 32.6 Å². The van der Waals surface area contributed by atoms with Crippen molar-refractivity contribution in [2.75, 3.05) is 23.8 Å². The van der Waals surface area contributed by atoms with Gasteiger partial charge in [0.25, 0.3) is 0 Å². The average molecular weight is 291 g/mol. The summed E-state index contributed by atoms with van der Waals surface area (Å²) >= 11 is 1.71. The van der Waals surface area contributed by atoms with Crippen LogP contribution in [0, 0.1) is 0 Å². The third-order valence-corrected chi connectivity index (χ3v) is 7.17. The Labute approximate surface area is 113 Å². The molecule has 104 valence electrons. The summed E-state index contributed by atoms with van der Waals surface area (Å²) in [6.07, 6.45) is 3.09. The van der Waals surface area contributed by atoms with Crippen LogP contribution in [-0.4, -0.2) is 54.3 Å². The summed E-state index contributed by atoms with van der Waals surface area (Å²) in [5.41, 5.74) is 0. The Morgan fingerprint density at radius 2 is 2.22 bits per heavy atom. The van der Waals surface area contributed by atoms with E-state index in [0.29, 0.717) is 18.6 Å². The Hall–Kier alpha value is -0.0700. The Kier molecular flexibility index (Phi) is 4.72. The van der Waals surface area contributed by atoms with Crippen molar-refractivity contribution in [3.8, 4) is 0 Å². The van der Waals surface area contributed by atoms with Crippen molar-refractivity contribution in [1.82, 2.24) is 4.90 Å². The normalized spacial score (nSPS) is 31.5. The molecule has 1 heterocycles. The molecule has 1 aliphatic carbocycles. The Bertz CT molecular complexity index is 408. The van der Waals surface area contributed by atoms with Crippen LogP contribution in [0.3, 0.4) is 0 Å². The lowest BCUT2D eigenvalue weighted by Crippen LogP contribution is -2.53. The number of sulfone groups is 1. The maximum Gasteiger partial charge on any atom is 0.166 e. The molecule has 4 nitrogen and oxygen atoms in total. The van der Waals surface area contributed by atoms with Crippen molar-refractivity contribution in [1.29, 1.82) is 0 Å². The fourth-order valence-electron chi connectivity index (χ4n) is 2.80.